The first-order chi connectivity index (χ1) is 9.16. The molecule has 100 valence electrons. The molecule has 2 unspecified atom stereocenters. The highest BCUT2D eigenvalue weighted by atomic mass is 19.1. The van der Waals surface area contributed by atoms with Crippen LogP contribution in [0, 0.1) is 5.82 Å². The fraction of sp³-hybridized carbons (Fsp3) is 0.462. The maximum atomic E-state index is 13.7. The molecule has 0 saturated carbocycles. The lowest BCUT2D eigenvalue weighted by Crippen LogP contribution is -2.42. The summed E-state index contributed by atoms with van der Waals surface area (Å²) in [5, 5.41) is 2.79. The molecule has 19 heavy (non-hydrogen) atoms. The third-order valence-electron chi connectivity index (χ3n) is 3.81. The number of carbonyl (C=O) groups excluding carboxylic acids is 2. The molecule has 2 atom stereocenters. The van der Waals surface area contributed by atoms with Gasteiger partial charge in [-0.25, -0.2) is 4.39 Å². The number of amides is 2. The smallest absolute Gasteiger partial charge is 0.257 e. The van der Waals surface area contributed by atoms with Crippen LogP contribution in [0.4, 0.5) is 4.39 Å². The van der Waals surface area contributed by atoms with E-state index in [1.807, 2.05) is 0 Å². The van der Waals surface area contributed by atoms with Crippen molar-refractivity contribution in [2.75, 3.05) is 6.54 Å². The number of nitrogens with one attached hydrogen (secondary N) is 1. The normalized spacial score (nSPS) is 25.9. The second kappa shape index (κ2) is 4.60. The minimum atomic E-state index is -0.615. The quantitative estimate of drug-likeness (QED) is 0.812. The van der Waals surface area contributed by atoms with Gasteiger partial charge in [-0.3, -0.25) is 14.6 Å². The third kappa shape index (κ3) is 2.07. The number of pyridine rings is 1. The molecule has 3 rings (SSSR count). The molecule has 1 N–H and O–H groups in total. The molecule has 2 bridgehead atoms. The summed E-state index contributed by atoms with van der Waals surface area (Å²) < 4.78 is 13.7. The summed E-state index contributed by atoms with van der Waals surface area (Å²) in [4.78, 5) is 29.3. The summed E-state index contributed by atoms with van der Waals surface area (Å²) in [6, 6.07) is 1.24. The monoisotopic (exact) mass is 263 g/mol. The van der Waals surface area contributed by atoms with Gasteiger partial charge in [-0.2, -0.15) is 0 Å². The van der Waals surface area contributed by atoms with Crippen LogP contribution in [0.5, 0.6) is 0 Å². The van der Waals surface area contributed by atoms with Crippen molar-refractivity contribution >= 4 is 11.8 Å². The molecule has 2 fully saturated rings. The molecule has 2 amide bonds. The second-order valence-electron chi connectivity index (χ2n) is 4.96. The highest BCUT2D eigenvalue weighted by Crippen LogP contribution is 2.30. The SMILES string of the molecule is O=C1CC2CCC(CN1)N2C(=O)c1ccncc1F. The number of rotatable bonds is 1. The van der Waals surface area contributed by atoms with Crippen LogP contribution in [-0.2, 0) is 4.79 Å². The minimum absolute atomic E-state index is 0.0289. The van der Waals surface area contributed by atoms with Crippen molar-refractivity contribution in [2.24, 2.45) is 0 Å². The van der Waals surface area contributed by atoms with Crippen LogP contribution in [-0.4, -0.2) is 40.3 Å². The van der Waals surface area contributed by atoms with E-state index in [1.165, 1.54) is 12.3 Å². The second-order valence-corrected chi connectivity index (χ2v) is 4.96. The van der Waals surface area contributed by atoms with Crippen molar-refractivity contribution in [3.05, 3.63) is 29.8 Å². The Labute approximate surface area is 109 Å². The summed E-state index contributed by atoms with van der Waals surface area (Å²) in [5.41, 5.74) is 0.0289. The van der Waals surface area contributed by atoms with Crippen molar-refractivity contribution in [2.45, 2.75) is 31.3 Å². The van der Waals surface area contributed by atoms with Crippen LogP contribution in [0.25, 0.3) is 0 Å². The third-order valence-corrected chi connectivity index (χ3v) is 3.81. The van der Waals surface area contributed by atoms with E-state index in [0.29, 0.717) is 13.0 Å². The van der Waals surface area contributed by atoms with E-state index in [9.17, 15) is 14.0 Å². The molecule has 1 aromatic rings. The lowest BCUT2D eigenvalue weighted by Gasteiger charge is -2.27. The predicted octanol–water partition coefficient (Wildman–Crippen LogP) is 0.714. The molecular weight excluding hydrogens is 249 g/mol. The molecule has 0 aliphatic carbocycles. The van der Waals surface area contributed by atoms with Crippen molar-refractivity contribution in [1.82, 2.24) is 15.2 Å². The average molecular weight is 263 g/mol. The van der Waals surface area contributed by atoms with Gasteiger partial charge >= 0.3 is 0 Å². The zero-order valence-corrected chi connectivity index (χ0v) is 10.3. The lowest BCUT2D eigenvalue weighted by atomic mass is 10.1. The van der Waals surface area contributed by atoms with Gasteiger partial charge in [0.25, 0.3) is 5.91 Å². The van der Waals surface area contributed by atoms with Crippen molar-refractivity contribution < 1.29 is 14.0 Å². The Hall–Kier alpha value is -1.98. The molecule has 0 radical (unpaired) electrons. The Kier molecular flexibility index (Phi) is 2.93. The molecule has 0 aromatic carbocycles. The highest BCUT2D eigenvalue weighted by Gasteiger charge is 2.41. The van der Waals surface area contributed by atoms with Gasteiger partial charge in [0.1, 0.15) is 0 Å². The summed E-state index contributed by atoms with van der Waals surface area (Å²) in [7, 11) is 0. The van der Waals surface area contributed by atoms with E-state index >= 15 is 0 Å². The molecule has 2 saturated heterocycles. The van der Waals surface area contributed by atoms with E-state index in [2.05, 4.69) is 10.3 Å². The summed E-state index contributed by atoms with van der Waals surface area (Å²) in [5.74, 6) is -1.00. The topological polar surface area (TPSA) is 62.3 Å². The zero-order chi connectivity index (χ0) is 13.4. The first-order valence-corrected chi connectivity index (χ1v) is 6.35. The van der Waals surface area contributed by atoms with E-state index in [1.54, 1.807) is 4.90 Å². The van der Waals surface area contributed by atoms with Gasteiger partial charge in [0, 0.05) is 31.2 Å². The molecule has 6 heteroatoms. The number of fused-ring (bicyclic) bond motifs is 2. The van der Waals surface area contributed by atoms with Gasteiger partial charge in [-0.15, -0.1) is 0 Å². The first-order valence-electron chi connectivity index (χ1n) is 6.35. The Bertz CT molecular complexity index is 534. The largest absolute Gasteiger partial charge is 0.354 e. The summed E-state index contributed by atoms with van der Waals surface area (Å²) in [6.07, 6.45) is 4.39. The van der Waals surface area contributed by atoms with Gasteiger partial charge in [0.15, 0.2) is 5.82 Å². The van der Waals surface area contributed by atoms with Crippen LogP contribution in [0.15, 0.2) is 18.5 Å². The van der Waals surface area contributed by atoms with E-state index in [-0.39, 0.29) is 29.5 Å². The van der Waals surface area contributed by atoms with Crippen LogP contribution in [0.1, 0.15) is 29.6 Å². The van der Waals surface area contributed by atoms with Crippen LogP contribution in [0.2, 0.25) is 0 Å². The number of aromatic nitrogens is 1. The molecular formula is C13H14FN3O2. The summed E-state index contributed by atoms with van der Waals surface area (Å²) in [6.45, 7) is 0.452. The fourth-order valence-electron chi connectivity index (χ4n) is 2.90. The lowest BCUT2D eigenvalue weighted by molar-refractivity contribution is -0.121. The molecule has 0 spiro atoms. The Balaban J connectivity index is 1.91. The predicted molar refractivity (Wildman–Crippen MR) is 64.8 cm³/mol. The Morgan fingerprint density at radius 2 is 2.21 bits per heavy atom. The summed E-state index contributed by atoms with van der Waals surface area (Å²) >= 11 is 0. The number of hydrogen-bond acceptors (Lipinski definition) is 3. The maximum Gasteiger partial charge on any atom is 0.257 e. The fourth-order valence-corrected chi connectivity index (χ4v) is 2.90. The Morgan fingerprint density at radius 3 is 3.00 bits per heavy atom. The van der Waals surface area contributed by atoms with Crippen LogP contribution in [0.3, 0.4) is 0 Å². The van der Waals surface area contributed by atoms with Crippen molar-refractivity contribution in [3.63, 3.8) is 0 Å². The number of hydrogen-bond donors (Lipinski definition) is 1. The number of carbonyl (C=O) groups is 2. The van der Waals surface area contributed by atoms with Crippen molar-refractivity contribution in [3.8, 4) is 0 Å². The number of nitrogens with zero attached hydrogens (tertiary/aromatic N) is 2. The molecule has 3 heterocycles. The molecule has 2 aliphatic heterocycles. The number of halogens is 1. The molecule has 1 aromatic heterocycles. The average Bonchev–Trinajstić information content (AvgIpc) is 2.70. The maximum absolute atomic E-state index is 13.7. The van der Waals surface area contributed by atoms with Gasteiger partial charge in [-0.1, -0.05) is 0 Å². The Morgan fingerprint density at radius 1 is 1.42 bits per heavy atom. The van der Waals surface area contributed by atoms with E-state index < -0.39 is 5.82 Å². The van der Waals surface area contributed by atoms with Gasteiger partial charge in [0.05, 0.1) is 11.8 Å². The van der Waals surface area contributed by atoms with E-state index in [4.69, 9.17) is 0 Å². The van der Waals surface area contributed by atoms with E-state index in [0.717, 1.165) is 19.0 Å². The standard InChI is InChI=1S/C13H14FN3O2/c14-11-7-15-4-3-10(11)13(19)17-8-1-2-9(17)6-16-12(18)5-8/h3-4,7-9H,1-2,5-6H2,(H,16,18). The molecule has 2 aliphatic rings. The van der Waals surface area contributed by atoms with Crippen molar-refractivity contribution in [1.29, 1.82) is 0 Å². The van der Waals surface area contributed by atoms with Crippen LogP contribution >= 0.6 is 0 Å². The van der Waals surface area contributed by atoms with Gasteiger partial charge < -0.3 is 10.2 Å². The molecule has 5 nitrogen and oxygen atoms in total. The minimum Gasteiger partial charge on any atom is -0.354 e. The zero-order valence-electron chi connectivity index (χ0n) is 10.3. The first kappa shape index (κ1) is 12.1. The highest BCUT2D eigenvalue weighted by molar-refractivity contribution is 5.95. The van der Waals surface area contributed by atoms with Crippen LogP contribution < -0.4 is 5.32 Å². The van der Waals surface area contributed by atoms with Gasteiger partial charge in [0.2, 0.25) is 5.91 Å². The van der Waals surface area contributed by atoms with Gasteiger partial charge in [-0.05, 0) is 18.9 Å².